The molecular weight excluding hydrogens is 508 g/mol. The Morgan fingerprint density at radius 1 is 1.26 bits per heavy atom. The molecule has 2 N–H and O–H groups in total. The Morgan fingerprint density at radius 3 is 2.59 bits per heavy atom. The number of carboxylic acids is 1. The second-order valence-electron chi connectivity index (χ2n) is 12.5. The molecule has 0 saturated heterocycles. The van der Waals surface area contributed by atoms with Gasteiger partial charge in [0.2, 0.25) is 11.8 Å². The monoisotopic (exact) mass is 554 g/mol. The summed E-state index contributed by atoms with van der Waals surface area (Å²) < 4.78 is 7.32. The van der Waals surface area contributed by atoms with Crippen molar-refractivity contribution in [1.29, 1.82) is 5.26 Å². The second-order valence-corrected chi connectivity index (χ2v) is 18.1. The zero-order chi connectivity index (χ0) is 28.6. The lowest BCUT2D eigenvalue weighted by Crippen LogP contribution is -2.39. The van der Waals surface area contributed by atoms with E-state index in [0.29, 0.717) is 24.5 Å². The summed E-state index contributed by atoms with van der Waals surface area (Å²) in [6.45, 7) is 15.0. The number of ether oxygens (including phenoxy) is 1. The van der Waals surface area contributed by atoms with Gasteiger partial charge in [0.05, 0.1) is 17.8 Å². The van der Waals surface area contributed by atoms with Crippen LogP contribution in [0.15, 0.2) is 18.2 Å². The van der Waals surface area contributed by atoms with Gasteiger partial charge in [0, 0.05) is 27.3 Å². The van der Waals surface area contributed by atoms with Gasteiger partial charge in [0.1, 0.15) is 12.8 Å². The van der Waals surface area contributed by atoms with Crippen LogP contribution in [0.4, 0.5) is 17.3 Å². The molecule has 214 valence electrons. The lowest BCUT2D eigenvalue weighted by molar-refractivity contribution is -0.137. The molecule has 0 radical (unpaired) electrons. The van der Waals surface area contributed by atoms with Crippen molar-refractivity contribution in [1.82, 2.24) is 14.8 Å². The van der Waals surface area contributed by atoms with E-state index in [0.717, 1.165) is 42.4 Å². The van der Waals surface area contributed by atoms with Gasteiger partial charge in [-0.1, -0.05) is 65.7 Å². The van der Waals surface area contributed by atoms with Crippen molar-refractivity contribution in [3.05, 3.63) is 29.6 Å². The second kappa shape index (κ2) is 13.9. The van der Waals surface area contributed by atoms with Crippen LogP contribution in [0.1, 0.15) is 76.6 Å². The predicted molar refractivity (Wildman–Crippen MR) is 158 cm³/mol. The van der Waals surface area contributed by atoms with Crippen LogP contribution in [0.2, 0.25) is 25.7 Å². The zero-order valence-corrected chi connectivity index (χ0v) is 25.5. The van der Waals surface area contributed by atoms with Gasteiger partial charge < -0.3 is 20.1 Å². The van der Waals surface area contributed by atoms with Gasteiger partial charge in [-0.2, -0.15) is 10.2 Å². The van der Waals surface area contributed by atoms with E-state index >= 15 is 0 Å². The maximum absolute atomic E-state index is 11.4. The van der Waals surface area contributed by atoms with Crippen LogP contribution < -0.4 is 10.2 Å². The minimum absolute atomic E-state index is 0.0529. The normalized spacial score (nSPS) is 15.2. The van der Waals surface area contributed by atoms with E-state index in [1.54, 1.807) is 0 Å². The highest BCUT2D eigenvalue weighted by Crippen LogP contribution is 2.37. The molecule has 1 aliphatic carbocycles. The van der Waals surface area contributed by atoms with Crippen LogP contribution in [0, 0.1) is 17.2 Å². The number of aliphatic carboxylic acids is 1. The van der Waals surface area contributed by atoms with Crippen molar-refractivity contribution in [2.75, 3.05) is 23.4 Å². The number of nitrogens with one attached hydrogen (secondary N) is 1. The predicted octanol–water partition coefficient (Wildman–Crippen LogP) is 6.58. The molecule has 9 nitrogen and oxygen atoms in total. The van der Waals surface area contributed by atoms with Gasteiger partial charge in [0.15, 0.2) is 0 Å². The fraction of sp³-hybridized carbons (Fsp3) is 0.655. The number of hydrogen-bond acceptors (Lipinski definition) is 7. The van der Waals surface area contributed by atoms with Gasteiger partial charge in [-0.15, -0.1) is 5.10 Å². The third kappa shape index (κ3) is 9.36. The van der Waals surface area contributed by atoms with Crippen LogP contribution in [-0.4, -0.2) is 53.1 Å². The maximum atomic E-state index is 11.4. The molecule has 1 aliphatic rings. The van der Waals surface area contributed by atoms with E-state index in [4.69, 9.17) is 4.74 Å². The Bertz CT molecular complexity index is 1130. The molecule has 1 aromatic carbocycles. The molecule has 0 amide bonds. The molecule has 0 bridgehead atoms. The summed E-state index contributed by atoms with van der Waals surface area (Å²) >= 11 is 0. The molecule has 1 unspecified atom stereocenters. The van der Waals surface area contributed by atoms with Gasteiger partial charge in [-0.3, -0.25) is 4.79 Å². The number of anilines is 3. The molecule has 1 aromatic heterocycles. The summed E-state index contributed by atoms with van der Waals surface area (Å²) in [5.74, 6) is 0.0240. The molecule has 0 aliphatic heterocycles. The van der Waals surface area contributed by atoms with E-state index in [1.807, 2.05) is 19.1 Å². The Hall–Kier alpha value is -2.90. The van der Waals surface area contributed by atoms with Crippen molar-refractivity contribution in [2.24, 2.45) is 5.92 Å². The molecule has 39 heavy (non-hydrogen) atoms. The Labute approximate surface area is 234 Å². The molecule has 1 atom stereocenters. The van der Waals surface area contributed by atoms with E-state index in [-0.39, 0.29) is 24.9 Å². The fourth-order valence-electron chi connectivity index (χ4n) is 5.04. The van der Waals surface area contributed by atoms with Crippen molar-refractivity contribution in [3.8, 4) is 6.07 Å². The zero-order valence-electron chi connectivity index (χ0n) is 24.5. The number of carboxylic acid groups (broad SMARTS) is 1. The molecule has 1 heterocycles. The topological polar surface area (TPSA) is 116 Å². The minimum atomic E-state index is -1.22. The third-order valence-corrected chi connectivity index (χ3v) is 8.89. The number of rotatable bonds is 14. The first-order chi connectivity index (χ1) is 18.5. The van der Waals surface area contributed by atoms with Crippen LogP contribution in [0.5, 0.6) is 0 Å². The summed E-state index contributed by atoms with van der Waals surface area (Å²) in [6.07, 6.45) is 6.10. The molecular formula is C29H46N6O3Si. The van der Waals surface area contributed by atoms with E-state index in [2.05, 4.69) is 65.9 Å². The van der Waals surface area contributed by atoms with Gasteiger partial charge in [-0.05, 0) is 48.4 Å². The summed E-state index contributed by atoms with van der Waals surface area (Å²) in [6, 6.07) is 9.78. The number of hydrogen-bond donors (Lipinski definition) is 2. The Balaban J connectivity index is 1.93. The van der Waals surface area contributed by atoms with E-state index in [1.165, 1.54) is 23.9 Å². The summed E-state index contributed by atoms with van der Waals surface area (Å²) in [5, 5.41) is 27.0. The SMILES string of the molecule is CC(C)CN(c1ccc(C(C)CC(=O)O)cc1Nc1nc(C#N)n(COCC[Si](C)(C)C)n1)C1CCCCC1. The van der Waals surface area contributed by atoms with E-state index in [9.17, 15) is 15.2 Å². The van der Waals surface area contributed by atoms with Crippen molar-refractivity contribution >= 4 is 31.4 Å². The van der Waals surface area contributed by atoms with Gasteiger partial charge >= 0.3 is 5.97 Å². The van der Waals surface area contributed by atoms with Gasteiger partial charge in [0.25, 0.3) is 0 Å². The lowest BCUT2D eigenvalue weighted by atomic mass is 9.92. The van der Waals surface area contributed by atoms with Gasteiger partial charge in [-0.25, -0.2) is 4.68 Å². The largest absolute Gasteiger partial charge is 0.481 e. The Morgan fingerprint density at radius 2 is 1.97 bits per heavy atom. The number of aromatic nitrogens is 3. The average molecular weight is 555 g/mol. The van der Waals surface area contributed by atoms with Crippen molar-refractivity contribution in [3.63, 3.8) is 0 Å². The fourth-order valence-corrected chi connectivity index (χ4v) is 5.80. The van der Waals surface area contributed by atoms with Crippen molar-refractivity contribution in [2.45, 2.75) is 104 Å². The van der Waals surface area contributed by atoms with Crippen LogP contribution in [-0.2, 0) is 16.3 Å². The number of carbonyl (C=O) groups is 1. The summed E-state index contributed by atoms with van der Waals surface area (Å²) in [4.78, 5) is 18.4. The van der Waals surface area contributed by atoms with Crippen LogP contribution in [0.3, 0.4) is 0 Å². The summed E-state index contributed by atoms with van der Waals surface area (Å²) in [5.41, 5.74) is 2.83. The molecule has 2 aromatic rings. The number of benzene rings is 1. The lowest BCUT2D eigenvalue weighted by Gasteiger charge is -2.38. The summed E-state index contributed by atoms with van der Waals surface area (Å²) in [7, 11) is -1.22. The average Bonchev–Trinajstić information content (AvgIpc) is 3.26. The van der Waals surface area contributed by atoms with E-state index < -0.39 is 14.0 Å². The molecule has 10 heteroatoms. The first kappa shape index (κ1) is 30.6. The molecule has 3 rings (SSSR count). The maximum Gasteiger partial charge on any atom is 0.303 e. The molecule has 1 saturated carbocycles. The minimum Gasteiger partial charge on any atom is -0.481 e. The quantitative estimate of drug-likeness (QED) is 0.199. The van der Waals surface area contributed by atoms with Crippen molar-refractivity contribution < 1.29 is 14.6 Å². The number of nitriles is 1. The third-order valence-electron chi connectivity index (χ3n) is 7.19. The van der Waals surface area contributed by atoms with Crippen LogP contribution >= 0.6 is 0 Å². The van der Waals surface area contributed by atoms with Crippen LogP contribution in [0.25, 0.3) is 0 Å². The molecule has 0 spiro atoms. The number of nitrogens with zero attached hydrogens (tertiary/aromatic N) is 5. The first-order valence-corrected chi connectivity index (χ1v) is 18.0. The Kier molecular flexibility index (Phi) is 11.0. The highest BCUT2D eigenvalue weighted by atomic mass is 28.3. The first-order valence-electron chi connectivity index (χ1n) is 14.3. The highest BCUT2D eigenvalue weighted by molar-refractivity contribution is 6.76. The highest BCUT2D eigenvalue weighted by Gasteiger charge is 2.25. The standard InChI is InChI=1S/C29H46N6O3Si/c1-21(2)19-34(24-10-8-7-9-11-24)26-13-12-23(22(3)16-28(36)37)17-25(26)31-29-32-27(18-30)35(33-29)20-38-14-15-39(4,5)6/h12-13,17,21-22,24H,7-11,14-16,19-20H2,1-6H3,(H,31,33)(H,36,37). The smallest absolute Gasteiger partial charge is 0.303 e. The molecule has 1 fully saturated rings.